The molecular weight excluding hydrogens is 426 g/mol. The Bertz CT molecular complexity index is 1310. The Hall–Kier alpha value is -3.65. The number of hydrogen-bond acceptors (Lipinski definition) is 7. The third-order valence-electron chi connectivity index (χ3n) is 6.32. The lowest BCUT2D eigenvalue weighted by Gasteiger charge is -2.35. The fraction of sp³-hybridized carbons (Fsp3) is 0.346. The number of aromatic nitrogens is 5. The summed E-state index contributed by atoms with van der Waals surface area (Å²) in [5.41, 5.74) is 3.23. The molecule has 1 aliphatic heterocycles. The Morgan fingerprint density at radius 1 is 1.00 bits per heavy atom. The first kappa shape index (κ1) is 22.2. The van der Waals surface area contributed by atoms with Crippen molar-refractivity contribution >= 4 is 22.4 Å². The van der Waals surface area contributed by atoms with Crippen molar-refractivity contribution < 1.29 is 4.79 Å². The third kappa shape index (κ3) is 4.82. The zero-order valence-electron chi connectivity index (χ0n) is 19.7. The normalized spacial score (nSPS) is 14.6. The highest BCUT2D eigenvalue weighted by molar-refractivity contribution is 5.98. The van der Waals surface area contributed by atoms with Gasteiger partial charge >= 0.3 is 0 Å². The van der Waals surface area contributed by atoms with Crippen molar-refractivity contribution in [3.05, 3.63) is 66.2 Å². The number of pyridine rings is 2. The van der Waals surface area contributed by atoms with Crippen LogP contribution in [-0.2, 0) is 13.5 Å². The van der Waals surface area contributed by atoms with E-state index < -0.39 is 0 Å². The number of Topliss-reactive ketones (excluding diaryl/α,β-unsaturated/α-hetero) is 1. The topological polar surface area (TPSA) is 80.0 Å². The molecule has 0 unspecified atom stereocenters. The van der Waals surface area contributed by atoms with Crippen LogP contribution in [0.4, 0.5) is 5.82 Å². The summed E-state index contributed by atoms with van der Waals surface area (Å²) in [5, 5.41) is 10.3. The Balaban J connectivity index is 1.31. The Labute approximate surface area is 199 Å². The number of anilines is 1. The SMILES string of the molecule is CCCN1CCN(c2cc(C(=O)Cc3cc4cc(-c5cn(C)nn5)ccc4cn3)ccn2)CC1. The van der Waals surface area contributed by atoms with Crippen LogP contribution >= 0.6 is 0 Å². The molecule has 0 radical (unpaired) electrons. The molecule has 3 aromatic heterocycles. The fourth-order valence-corrected chi connectivity index (χ4v) is 4.47. The molecule has 1 aromatic carbocycles. The van der Waals surface area contributed by atoms with Gasteiger partial charge in [0, 0.05) is 67.8 Å². The summed E-state index contributed by atoms with van der Waals surface area (Å²) in [6.07, 6.45) is 6.87. The standard InChI is InChI=1S/C26H29N7O/c1-3-8-32-9-11-33(12-10-32)26-15-20(6-7-27-26)25(34)16-23-14-22-13-19(4-5-21(22)17-28-23)24-18-31(2)30-29-24/h4-7,13-15,17-18H,3,8-12,16H2,1-2H3. The molecule has 0 saturated carbocycles. The largest absolute Gasteiger partial charge is 0.354 e. The summed E-state index contributed by atoms with van der Waals surface area (Å²) < 4.78 is 1.68. The number of benzene rings is 1. The van der Waals surface area contributed by atoms with Crippen LogP contribution in [0.2, 0.25) is 0 Å². The van der Waals surface area contributed by atoms with E-state index in [1.54, 1.807) is 16.9 Å². The minimum atomic E-state index is 0.0465. The average molecular weight is 456 g/mol. The summed E-state index contributed by atoms with van der Waals surface area (Å²) in [7, 11) is 1.85. The highest BCUT2D eigenvalue weighted by Gasteiger charge is 2.19. The molecule has 4 heterocycles. The van der Waals surface area contributed by atoms with Gasteiger partial charge in [0.25, 0.3) is 0 Å². The zero-order chi connectivity index (χ0) is 23.5. The van der Waals surface area contributed by atoms with Crippen molar-refractivity contribution in [3.63, 3.8) is 0 Å². The Kier molecular flexibility index (Phi) is 6.31. The van der Waals surface area contributed by atoms with Crippen molar-refractivity contribution in [2.24, 2.45) is 7.05 Å². The predicted molar refractivity (Wildman–Crippen MR) is 133 cm³/mol. The summed E-state index contributed by atoms with van der Waals surface area (Å²) in [6.45, 7) is 7.29. The monoisotopic (exact) mass is 455 g/mol. The molecule has 34 heavy (non-hydrogen) atoms. The minimum absolute atomic E-state index is 0.0465. The van der Waals surface area contributed by atoms with Crippen LogP contribution in [0.1, 0.15) is 29.4 Å². The van der Waals surface area contributed by atoms with E-state index in [4.69, 9.17) is 0 Å². The van der Waals surface area contributed by atoms with Crippen molar-refractivity contribution in [1.29, 1.82) is 0 Å². The molecule has 1 aliphatic rings. The maximum absolute atomic E-state index is 13.1. The van der Waals surface area contributed by atoms with E-state index in [1.807, 2.05) is 43.7 Å². The molecule has 1 saturated heterocycles. The van der Waals surface area contributed by atoms with Gasteiger partial charge in [-0.15, -0.1) is 5.10 Å². The molecule has 8 nitrogen and oxygen atoms in total. The Morgan fingerprint density at radius 2 is 1.85 bits per heavy atom. The second kappa shape index (κ2) is 9.69. The molecule has 4 aromatic rings. The number of fused-ring (bicyclic) bond motifs is 1. The Morgan fingerprint density at radius 3 is 2.62 bits per heavy atom. The first-order valence-electron chi connectivity index (χ1n) is 11.8. The number of carbonyl (C=O) groups excluding carboxylic acids is 1. The van der Waals surface area contributed by atoms with Crippen molar-refractivity contribution in [2.45, 2.75) is 19.8 Å². The van der Waals surface area contributed by atoms with Gasteiger partial charge in [-0.1, -0.05) is 24.3 Å². The lowest BCUT2D eigenvalue weighted by Crippen LogP contribution is -2.46. The van der Waals surface area contributed by atoms with Gasteiger partial charge in [0.1, 0.15) is 11.5 Å². The molecule has 0 bridgehead atoms. The second-order valence-electron chi connectivity index (χ2n) is 8.85. The van der Waals surface area contributed by atoms with E-state index in [0.717, 1.165) is 66.3 Å². The van der Waals surface area contributed by atoms with Gasteiger partial charge in [0.2, 0.25) is 0 Å². The molecule has 0 aliphatic carbocycles. The lowest BCUT2D eigenvalue weighted by molar-refractivity contribution is 0.0992. The number of carbonyl (C=O) groups is 1. The molecule has 5 rings (SSSR count). The van der Waals surface area contributed by atoms with E-state index in [2.05, 4.69) is 43.1 Å². The molecule has 0 amide bonds. The van der Waals surface area contributed by atoms with Gasteiger partial charge in [0.15, 0.2) is 5.78 Å². The summed E-state index contributed by atoms with van der Waals surface area (Å²) in [4.78, 5) is 26.9. The van der Waals surface area contributed by atoms with E-state index >= 15 is 0 Å². The van der Waals surface area contributed by atoms with Crippen LogP contribution in [0.3, 0.4) is 0 Å². The molecule has 174 valence electrons. The maximum atomic E-state index is 13.1. The van der Waals surface area contributed by atoms with Crippen LogP contribution in [0.25, 0.3) is 22.0 Å². The van der Waals surface area contributed by atoms with Gasteiger partial charge in [-0.3, -0.25) is 19.4 Å². The van der Waals surface area contributed by atoms with Gasteiger partial charge in [-0.05, 0) is 42.6 Å². The van der Waals surface area contributed by atoms with Crippen LogP contribution in [-0.4, -0.2) is 68.4 Å². The number of hydrogen-bond donors (Lipinski definition) is 0. The van der Waals surface area contributed by atoms with E-state index in [-0.39, 0.29) is 12.2 Å². The number of aryl methyl sites for hydroxylation is 1. The number of piperazine rings is 1. The van der Waals surface area contributed by atoms with Crippen molar-refractivity contribution in [2.75, 3.05) is 37.6 Å². The first-order valence-corrected chi connectivity index (χ1v) is 11.8. The lowest BCUT2D eigenvalue weighted by atomic mass is 10.0. The quantitative estimate of drug-likeness (QED) is 0.395. The maximum Gasteiger partial charge on any atom is 0.169 e. The van der Waals surface area contributed by atoms with Crippen molar-refractivity contribution in [1.82, 2.24) is 29.9 Å². The molecule has 8 heteroatoms. The number of rotatable bonds is 7. The molecule has 0 atom stereocenters. The van der Waals surface area contributed by atoms with Crippen LogP contribution in [0, 0.1) is 0 Å². The summed E-state index contributed by atoms with van der Waals surface area (Å²) >= 11 is 0. The van der Waals surface area contributed by atoms with Gasteiger partial charge in [-0.25, -0.2) is 4.98 Å². The van der Waals surface area contributed by atoms with Crippen LogP contribution < -0.4 is 4.90 Å². The molecule has 0 spiro atoms. The highest BCUT2D eigenvalue weighted by atomic mass is 16.1. The van der Waals surface area contributed by atoms with Crippen LogP contribution in [0.15, 0.2) is 55.0 Å². The van der Waals surface area contributed by atoms with Gasteiger partial charge < -0.3 is 4.90 Å². The van der Waals surface area contributed by atoms with Crippen molar-refractivity contribution in [3.8, 4) is 11.3 Å². The summed E-state index contributed by atoms with van der Waals surface area (Å²) in [6, 6.07) is 11.8. The van der Waals surface area contributed by atoms with E-state index in [9.17, 15) is 4.79 Å². The highest BCUT2D eigenvalue weighted by Crippen LogP contribution is 2.23. The second-order valence-corrected chi connectivity index (χ2v) is 8.85. The van der Waals surface area contributed by atoms with Gasteiger partial charge in [0.05, 0.1) is 12.6 Å². The molecule has 0 N–H and O–H groups in total. The fourth-order valence-electron chi connectivity index (χ4n) is 4.47. The number of nitrogens with zero attached hydrogens (tertiary/aromatic N) is 7. The number of ketones is 1. The smallest absolute Gasteiger partial charge is 0.169 e. The first-order chi connectivity index (χ1) is 16.6. The zero-order valence-corrected chi connectivity index (χ0v) is 19.7. The molecular formula is C26H29N7O. The summed E-state index contributed by atoms with van der Waals surface area (Å²) in [5.74, 6) is 0.923. The van der Waals surface area contributed by atoms with Crippen LogP contribution in [0.5, 0.6) is 0 Å². The molecule has 1 fully saturated rings. The van der Waals surface area contributed by atoms with E-state index in [1.165, 1.54) is 6.42 Å². The minimum Gasteiger partial charge on any atom is -0.354 e. The average Bonchev–Trinajstić information content (AvgIpc) is 3.30. The van der Waals surface area contributed by atoms with Gasteiger partial charge in [-0.2, -0.15) is 0 Å². The predicted octanol–water partition coefficient (Wildman–Crippen LogP) is 3.38. The van der Waals surface area contributed by atoms with E-state index in [0.29, 0.717) is 5.56 Å². The third-order valence-corrected chi connectivity index (χ3v) is 6.32.